The number of piperidine rings is 1. The summed E-state index contributed by atoms with van der Waals surface area (Å²) >= 11 is 0. The van der Waals surface area contributed by atoms with Gasteiger partial charge in [-0.2, -0.15) is 0 Å². The molecule has 0 spiro atoms. The number of anilines is 2. The van der Waals surface area contributed by atoms with E-state index in [4.69, 9.17) is 4.74 Å². The van der Waals surface area contributed by atoms with Gasteiger partial charge in [-0.1, -0.05) is 0 Å². The van der Waals surface area contributed by atoms with Gasteiger partial charge in [0.05, 0.1) is 12.3 Å². The van der Waals surface area contributed by atoms with Crippen molar-refractivity contribution in [2.24, 2.45) is 5.92 Å². The Bertz CT molecular complexity index is 930. The summed E-state index contributed by atoms with van der Waals surface area (Å²) in [7, 11) is 0. The molecule has 0 saturated carbocycles. The van der Waals surface area contributed by atoms with E-state index in [9.17, 15) is 4.79 Å². The van der Waals surface area contributed by atoms with Crippen molar-refractivity contribution < 1.29 is 9.53 Å². The van der Waals surface area contributed by atoms with Crippen LogP contribution in [-0.2, 0) is 4.79 Å². The molecular weight excluding hydrogens is 364 g/mol. The molecule has 3 aromatic rings. The zero-order chi connectivity index (χ0) is 20.1. The Morgan fingerprint density at radius 2 is 1.83 bits per heavy atom. The van der Waals surface area contributed by atoms with Crippen molar-refractivity contribution >= 4 is 17.4 Å². The van der Waals surface area contributed by atoms with Gasteiger partial charge in [0.1, 0.15) is 5.75 Å². The Labute approximate surface area is 171 Å². The van der Waals surface area contributed by atoms with E-state index in [-0.39, 0.29) is 11.8 Å². The Kier molecular flexibility index (Phi) is 5.79. The number of carbonyl (C=O) groups excluding carboxylic acids is 1. The largest absolute Gasteiger partial charge is 0.494 e. The third-order valence-corrected chi connectivity index (χ3v) is 5.25. The van der Waals surface area contributed by atoms with Gasteiger partial charge in [0, 0.05) is 43.3 Å². The van der Waals surface area contributed by atoms with Crippen LogP contribution in [0, 0.1) is 5.92 Å². The molecule has 1 amide bonds. The topological polar surface area (TPSA) is 59.4 Å². The summed E-state index contributed by atoms with van der Waals surface area (Å²) in [6.07, 6.45) is 7.50. The summed E-state index contributed by atoms with van der Waals surface area (Å²) in [5.41, 5.74) is 1.87. The van der Waals surface area contributed by atoms with Gasteiger partial charge in [-0.3, -0.25) is 4.79 Å². The van der Waals surface area contributed by atoms with Gasteiger partial charge in [-0.15, -0.1) is 0 Å². The van der Waals surface area contributed by atoms with Gasteiger partial charge in [-0.05, 0) is 68.3 Å². The lowest BCUT2D eigenvalue weighted by atomic mass is 9.95. The lowest BCUT2D eigenvalue weighted by molar-refractivity contribution is -0.120. The minimum absolute atomic E-state index is 0.0107. The molecule has 0 aliphatic carbocycles. The number of hydrogen-bond acceptors (Lipinski definition) is 4. The molecule has 6 nitrogen and oxygen atoms in total. The van der Waals surface area contributed by atoms with Crippen LogP contribution in [0.4, 0.5) is 11.5 Å². The van der Waals surface area contributed by atoms with E-state index in [1.165, 1.54) is 0 Å². The van der Waals surface area contributed by atoms with Gasteiger partial charge >= 0.3 is 0 Å². The average Bonchev–Trinajstić information content (AvgIpc) is 3.30. The van der Waals surface area contributed by atoms with E-state index in [1.54, 1.807) is 0 Å². The van der Waals surface area contributed by atoms with Crippen molar-refractivity contribution in [1.29, 1.82) is 0 Å². The Hall–Kier alpha value is -3.28. The molecule has 0 bridgehead atoms. The zero-order valence-corrected chi connectivity index (χ0v) is 16.6. The zero-order valence-electron chi connectivity index (χ0n) is 16.6. The summed E-state index contributed by atoms with van der Waals surface area (Å²) < 4.78 is 7.52. The molecule has 1 saturated heterocycles. The fraction of sp³-hybridized carbons (Fsp3) is 0.304. The van der Waals surface area contributed by atoms with Gasteiger partial charge in [-0.25, -0.2) is 4.98 Å². The highest BCUT2D eigenvalue weighted by Crippen LogP contribution is 2.27. The van der Waals surface area contributed by atoms with E-state index in [1.807, 2.05) is 68.0 Å². The first-order valence-corrected chi connectivity index (χ1v) is 10.1. The van der Waals surface area contributed by atoms with Crippen LogP contribution < -0.4 is 15.0 Å². The van der Waals surface area contributed by atoms with Crippen LogP contribution in [0.2, 0.25) is 0 Å². The first-order valence-electron chi connectivity index (χ1n) is 10.1. The van der Waals surface area contributed by atoms with Gasteiger partial charge < -0.3 is 19.5 Å². The van der Waals surface area contributed by atoms with Crippen molar-refractivity contribution in [2.75, 3.05) is 29.9 Å². The van der Waals surface area contributed by atoms with Crippen LogP contribution in [0.1, 0.15) is 19.8 Å². The Balaban J connectivity index is 1.37. The molecule has 6 heteroatoms. The molecule has 2 aromatic heterocycles. The minimum atomic E-state index is 0.0107. The predicted molar refractivity (Wildman–Crippen MR) is 115 cm³/mol. The maximum absolute atomic E-state index is 12.7. The molecule has 1 aromatic carbocycles. The molecule has 0 atom stereocenters. The van der Waals surface area contributed by atoms with Gasteiger partial charge in [0.25, 0.3) is 0 Å². The molecule has 1 N–H and O–H groups in total. The first-order chi connectivity index (χ1) is 14.2. The van der Waals surface area contributed by atoms with E-state index in [0.717, 1.165) is 48.9 Å². The van der Waals surface area contributed by atoms with Crippen LogP contribution in [0.15, 0.2) is 67.1 Å². The smallest absolute Gasteiger partial charge is 0.227 e. The van der Waals surface area contributed by atoms with Gasteiger partial charge in [0.15, 0.2) is 5.82 Å². The average molecular weight is 390 g/mol. The second-order valence-electron chi connectivity index (χ2n) is 7.14. The fourth-order valence-electron chi connectivity index (χ4n) is 3.73. The van der Waals surface area contributed by atoms with E-state index < -0.39 is 0 Å². The molecule has 29 heavy (non-hydrogen) atoms. The highest BCUT2D eigenvalue weighted by atomic mass is 16.5. The highest BCUT2D eigenvalue weighted by molar-refractivity contribution is 5.92. The number of ether oxygens (including phenoxy) is 1. The van der Waals surface area contributed by atoms with Crippen molar-refractivity contribution in [3.05, 3.63) is 67.1 Å². The molecule has 0 unspecified atom stereocenters. The van der Waals surface area contributed by atoms with Crippen molar-refractivity contribution in [3.8, 4) is 11.4 Å². The molecular formula is C23H26N4O2. The quantitative estimate of drug-likeness (QED) is 0.688. The maximum atomic E-state index is 12.7. The van der Waals surface area contributed by atoms with Crippen molar-refractivity contribution in [3.63, 3.8) is 0 Å². The number of hydrogen-bond donors (Lipinski definition) is 1. The number of carbonyl (C=O) groups is 1. The molecule has 1 aliphatic heterocycles. The van der Waals surface area contributed by atoms with Crippen LogP contribution in [0.25, 0.3) is 5.69 Å². The first kappa shape index (κ1) is 19.1. The Morgan fingerprint density at radius 1 is 1.10 bits per heavy atom. The molecule has 3 heterocycles. The number of nitrogens with zero attached hydrogens (tertiary/aromatic N) is 3. The standard InChI is InChI=1S/C23H26N4O2/c1-2-29-20-9-7-19(8-10-20)25-23(28)18-11-16-27(17-12-18)22-21(6-5-13-24-22)26-14-3-4-15-26/h3-10,13-15,18H,2,11-12,16-17H2,1H3,(H,25,28). The fourth-order valence-corrected chi connectivity index (χ4v) is 3.73. The third kappa shape index (κ3) is 4.42. The molecule has 1 fully saturated rings. The maximum Gasteiger partial charge on any atom is 0.227 e. The molecule has 150 valence electrons. The summed E-state index contributed by atoms with van der Waals surface area (Å²) in [6, 6.07) is 15.6. The number of nitrogens with one attached hydrogen (secondary N) is 1. The third-order valence-electron chi connectivity index (χ3n) is 5.25. The van der Waals surface area contributed by atoms with Gasteiger partial charge in [0.2, 0.25) is 5.91 Å². The minimum Gasteiger partial charge on any atom is -0.494 e. The Morgan fingerprint density at radius 3 is 2.52 bits per heavy atom. The number of pyridine rings is 1. The highest BCUT2D eigenvalue weighted by Gasteiger charge is 2.27. The van der Waals surface area contributed by atoms with E-state index in [0.29, 0.717) is 6.61 Å². The predicted octanol–water partition coefficient (Wildman–Crippen LogP) is 4.13. The SMILES string of the molecule is CCOc1ccc(NC(=O)C2CCN(c3ncccc3-n3cccc3)CC2)cc1. The summed E-state index contributed by atoms with van der Waals surface area (Å²) in [5.74, 6) is 1.87. The summed E-state index contributed by atoms with van der Waals surface area (Å²) in [6.45, 7) is 4.21. The summed E-state index contributed by atoms with van der Waals surface area (Å²) in [5, 5.41) is 3.04. The monoisotopic (exact) mass is 390 g/mol. The van der Waals surface area contributed by atoms with Crippen LogP contribution in [0.3, 0.4) is 0 Å². The molecule has 4 rings (SSSR count). The van der Waals surface area contributed by atoms with Crippen molar-refractivity contribution in [2.45, 2.75) is 19.8 Å². The molecule has 0 radical (unpaired) electrons. The van der Waals surface area contributed by atoms with E-state index in [2.05, 4.69) is 25.8 Å². The van der Waals surface area contributed by atoms with Crippen molar-refractivity contribution in [1.82, 2.24) is 9.55 Å². The second-order valence-corrected chi connectivity index (χ2v) is 7.14. The summed E-state index contributed by atoms with van der Waals surface area (Å²) in [4.78, 5) is 19.6. The number of rotatable bonds is 6. The van der Waals surface area contributed by atoms with Crippen LogP contribution in [0.5, 0.6) is 5.75 Å². The second kappa shape index (κ2) is 8.82. The number of aromatic nitrogens is 2. The lowest BCUT2D eigenvalue weighted by Crippen LogP contribution is -2.39. The van der Waals surface area contributed by atoms with Crippen LogP contribution in [-0.4, -0.2) is 35.2 Å². The number of benzene rings is 1. The lowest BCUT2D eigenvalue weighted by Gasteiger charge is -2.33. The number of amides is 1. The molecule has 1 aliphatic rings. The van der Waals surface area contributed by atoms with E-state index >= 15 is 0 Å². The van der Waals surface area contributed by atoms with Crippen LogP contribution >= 0.6 is 0 Å². The normalized spacial score (nSPS) is 14.6.